The summed E-state index contributed by atoms with van der Waals surface area (Å²) < 4.78 is 0. The zero-order chi connectivity index (χ0) is 12.1. The van der Waals surface area contributed by atoms with Gasteiger partial charge in [0.15, 0.2) is 0 Å². The zero-order valence-electron chi connectivity index (χ0n) is 11.1. The third-order valence-electron chi connectivity index (χ3n) is 6.27. The van der Waals surface area contributed by atoms with Crippen molar-refractivity contribution in [2.45, 2.75) is 57.5 Å². The molecule has 0 amide bonds. The summed E-state index contributed by atoms with van der Waals surface area (Å²) in [7, 11) is 0. The Balaban J connectivity index is 1.63. The summed E-state index contributed by atoms with van der Waals surface area (Å²) in [4.78, 5) is 0. The number of rotatable bonds is 0. The lowest BCUT2D eigenvalue weighted by Crippen LogP contribution is -2.38. The summed E-state index contributed by atoms with van der Waals surface area (Å²) in [6, 6.07) is 0. The van der Waals surface area contributed by atoms with Gasteiger partial charge in [-0.2, -0.15) is 0 Å². The smallest absolute Gasteiger partial charge is 0.0571 e. The van der Waals surface area contributed by atoms with E-state index in [0.717, 1.165) is 24.2 Å². The highest BCUT2D eigenvalue weighted by Crippen LogP contribution is 2.55. The number of allylic oxidation sites excluding steroid dienone is 4. The molecule has 0 radical (unpaired) electrons. The van der Waals surface area contributed by atoms with Crippen LogP contribution in [0.4, 0.5) is 0 Å². The molecule has 0 aliphatic heterocycles. The second-order valence-electron chi connectivity index (χ2n) is 6.87. The molecule has 4 rings (SSSR count). The highest BCUT2D eigenvalue weighted by molar-refractivity contribution is 5.30. The van der Waals surface area contributed by atoms with Crippen molar-refractivity contribution in [3.8, 4) is 0 Å². The molecule has 18 heavy (non-hydrogen) atoms. The van der Waals surface area contributed by atoms with E-state index in [0.29, 0.717) is 5.92 Å². The van der Waals surface area contributed by atoms with Crippen LogP contribution in [0.15, 0.2) is 23.3 Å². The second-order valence-corrected chi connectivity index (χ2v) is 6.87. The number of hydrogen-bond acceptors (Lipinski definition) is 1. The maximum Gasteiger partial charge on any atom is 0.0571 e. The van der Waals surface area contributed by atoms with Gasteiger partial charge in [0.25, 0.3) is 0 Å². The van der Waals surface area contributed by atoms with Gasteiger partial charge in [-0.15, -0.1) is 0 Å². The summed E-state index contributed by atoms with van der Waals surface area (Å²) in [5.41, 5.74) is 3.59. The minimum absolute atomic E-state index is 0.0255. The third kappa shape index (κ3) is 1.56. The fourth-order valence-corrected chi connectivity index (χ4v) is 5.48. The van der Waals surface area contributed by atoms with Crippen molar-refractivity contribution in [3.05, 3.63) is 23.3 Å². The molecular formula is C17H24O. The molecule has 1 N–H and O–H groups in total. The summed E-state index contributed by atoms with van der Waals surface area (Å²) in [6.07, 6.45) is 15.0. The van der Waals surface area contributed by atoms with Crippen LogP contribution in [0, 0.1) is 23.7 Å². The zero-order valence-corrected chi connectivity index (χ0v) is 11.1. The molecule has 4 aliphatic carbocycles. The monoisotopic (exact) mass is 244 g/mol. The van der Waals surface area contributed by atoms with Gasteiger partial charge in [-0.3, -0.25) is 0 Å². The number of aliphatic hydroxyl groups is 1. The van der Waals surface area contributed by atoms with Crippen LogP contribution in [-0.2, 0) is 0 Å². The van der Waals surface area contributed by atoms with Gasteiger partial charge in [0.05, 0.1) is 6.10 Å². The summed E-state index contributed by atoms with van der Waals surface area (Å²) in [5, 5.41) is 10.1. The van der Waals surface area contributed by atoms with Crippen LogP contribution in [0.3, 0.4) is 0 Å². The highest BCUT2D eigenvalue weighted by Gasteiger charge is 2.47. The summed E-state index contributed by atoms with van der Waals surface area (Å²) in [6.45, 7) is 0. The van der Waals surface area contributed by atoms with Gasteiger partial charge in [0.1, 0.15) is 0 Å². The number of hydrogen-bond donors (Lipinski definition) is 1. The minimum atomic E-state index is 0.0255. The van der Waals surface area contributed by atoms with Crippen molar-refractivity contribution in [2.24, 2.45) is 23.7 Å². The normalized spacial score (nSPS) is 46.6. The Morgan fingerprint density at radius 1 is 0.833 bits per heavy atom. The van der Waals surface area contributed by atoms with Gasteiger partial charge in [-0.1, -0.05) is 23.3 Å². The first-order valence-corrected chi connectivity index (χ1v) is 7.88. The SMILES string of the molecule is OC1CC[C@H]2[C@@H]3CCC4=C(CC=CC4)[C@H]3CC[C@H]12. The van der Waals surface area contributed by atoms with Gasteiger partial charge in [-0.05, 0) is 75.0 Å². The van der Waals surface area contributed by atoms with E-state index in [9.17, 15) is 5.11 Å². The van der Waals surface area contributed by atoms with E-state index in [-0.39, 0.29) is 6.10 Å². The predicted octanol–water partition coefficient (Wildman–Crippen LogP) is 3.84. The average molecular weight is 244 g/mol. The maximum atomic E-state index is 10.1. The van der Waals surface area contributed by atoms with E-state index in [1.54, 1.807) is 5.57 Å². The largest absolute Gasteiger partial charge is 0.393 e. The molecule has 2 fully saturated rings. The van der Waals surface area contributed by atoms with Gasteiger partial charge in [-0.25, -0.2) is 0 Å². The highest BCUT2D eigenvalue weighted by atomic mass is 16.3. The fourth-order valence-electron chi connectivity index (χ4n) is 5.48. The van der Waals surface area contributed by atoms with E-state index in [2.05, 4.69) is 12.2 Å². The van der Waals surface area contributed by atoms with Crippen LogP contribution in [-0.4, -0.2) is 11.2 Å². The fraction of sp³-hybridized carbons (Fsp3) is 0.765. The van der Waals surface area contributed by atoms with Crippen molar-refractivity contribution < 1.29 is 5.11 Å². The molecule has 0 bridgehead atoms. The molecule has 0 aromatic heterocycles. The van der Waals surface area contributed by atoms with Gasteiger partial charge in [0, 0.05) is 0 Å². The first-order valence-electron chi connectivity index (χ1n) is 7.88. The Hall–Kier alpha value is -0.560. The molecule has 1 unspecified atom stereocenters. The molecule has 4 aliphatic rings. The molecule has 0 aromatic carbocycles. The lowest BCUT2D eigenvalue weighted by molar-refractivity contribution is 0.0455. The van der Waals surface area contributed by atoms with E-state index in [1.165, 1.54) is 44.9 Å². The first-order chi connectivity index (χ1) is 8.84. The molecule has 2 saturated carbocycles. The van der Waals surface area contributed by atoms with Crippen LogP contribution in [0.2, 0.25) is 0 Å². The lowest BCUT2D eigenvalue weighted by atomic mass is 9.59. The van der Waals surface area contributed by atoms with Gasteiger partial charge < -0.3 is 5.11 Å². The average Bonchev–Trinajstić information content (AvgIpc) is 2.80. The standard InChI is InChI=1S/C17H24O/c18-17-10-9-15-14-6-5-11-3-1-2-4-12(11)13(14)7-8-16(15)17/h1-2,13-18H,3-10H2/t13-,14-,15+,16+,17?/m1/s1. The minimum Gasteiger partial charge on any atom is -0.393 e. The number of fused-ring (bicyclic) bond motifs is 4. The Morgan fingerprint density at radius 3 is 2.61 bits per heavy atom. The summed E-state index contributed by atoms with van der Waals surface area (Å²) in [5.74, 6) is 3.28. The number of aliphatic hydroxyl groups excluding tert-OH is 1. The van der Waals surface area contributed by atoms with Crippen LogP contribution in [0.1, 0.15) is 51.4 Å². The molecule has 0 saturated heterocycles. The second kappa shape index (κ2) is 4.23. The van der Waals surface area contributed by atoms with Crippen molar-refractivity contribution in [1.29, 1.82) is 0 Å². The molecule has 98 valence electrons. The molecule has 0 spiro atoms. The topological polar surface area (TPSA) is 20.2 Å². The quantitative estimate of drug-likeness (QED) is 0.642. The Labute approximate surface area is 110 Å². The summed E-state index contributed by atoms with van der Waals surface area (Å²) >= 11 is 0. The maximum absolute atomic E-state index is 10.1. The first kappa shape index (κ1) is 11.3. The van der Waals surface area contributed by atoms with Crippen molar-refractivity contribution in [1.82, 2.24) is 0 Å². The molecular weight excluding hydrogens is 220 g/mol. The molecule has 5 atom stereocenters. The molecule has 1 nitrogen and oxygen atoms in total. The predicted molar refractivity (Wildman–Crippen MR) is 73.1 cm³/mol. The Bertz CT molecular complexity index is 406. The molecule has 1 heteroatoms. The van der Waals surface area contributed by atoms with E-state index in [1.807, 2.05) is 5.57 Å². The van der Waals surface area contributed by atoms with Crippen LogP contribution in [0.25, 0.3) is 0 Å². The van der Waals surface area contributed by atoms with Crippen LogP contribution < -0.4 is 0 Å². The lowest BCUT2D eigenvalue weighted by Gasteiger charge is -2.46. The van der Waals surface area contributed by atoms with Crippen molar-refractivity contribution in [3.63, 3.8) is 0 Å². The van der Waals surface area contributed by atoms with E-state index >= 15 is 0 Å². The van der Waals surface area contributed by atoms with E-state index < -0.39 is 0 Å². The van der Waals surface area contributed by atoms with Crippen molar-refractivity contribution in [2.75, 3.05) is 0 Å². The Morgan fingerprint density at radius 2 is 1.67 bits per heavy atom. The molecule has 0 heterocycles. The van der Waals surface area contributed by atoms with E-state index in [4.69, 9.17) is 0 Å². The molecule has 0 aromatic rings. The van der Waals surface area contributed by atoms with Crippen LogP contribution >= 0.6 is 0 Å². The van der Waals surface area contributed by atoms with Gasteiger partial charge in [0.2, 0.25) is 0 Å². The van der Waals surface area contributed by atoms with Gasteiger partial charge >= 0.3 is 0 Å². The van der Waals surface area contributed by atoms with Crippen LogP contribution in [0.5, 0.6) is 0 Å². The Kier molecular flexibility index (Phi) is 2.65. The third-order valence-corrected chi connectivity index (χ3v) is 6.27. The van der Waals surface area contributed by atoms with Crippen molar-refractivity contribution >= 4 is 0 Å².